The predicted octanol–water partition coefficient (Wildman–Crippen LogP) is 4.39. The van der Waals surface area contributed by atoms with Crippen molar-refractivity contribution < 1.29 is 4.74 Å². The minimum atomic E-state index is -0.520. The highest BCUT2D eigenvalue weighted by molar-refractivity contribution is 5.81. The van der Waals surface area contributed by atoms with Gasteiger partial charge in [0.25, 0.3) is 5.56 Å². The van der Waals surface area contributed by atoms with Crippen LogP contribution < -0.4 is 15.7 Å². The van der Waals surface area contributed by atoms with Gasteiger partial charge < -0.3 is 4.74 Å². The van der Waals surface area contributed by atoms with Gasteiger partial charge in [0.15, 0.2) is 0 Å². The van der Waals surface area contributed by atoms with E-state index in [2.05, 4.69) is 52.2 Å². The van der Waals surface area contributed by atoms with Crippen LogP contribution in [-0.4, -0.2) is 40.8 Å². The molecule has 8 heteroatoms. The van der Waals surface area contributed by atoms with Gasteiger partial charge in [-0.3, -0.25) is 14.7 Å². The van der Waals surface area contributed by atoms with Crippen LogP contribution in [-0.2, 0) is 6.54 Å². The van der Waals surface area contributed by atoms with E-state index in [1.807, 2.05) is 36.4 Å². The maximum Gasteiger partial charge on any atom is 0.270 e. The second-order valence-corrected chi connectivity index (χ2v) is 7.66. The molecule has 0 aliphatic heterocycles. The molecule has 0 aliphatic rings. The van der Waals surface area contributed by atoms with Crippen LogP contribution in [0.2, 0.25) is 0 Å². The van der Waals surface area contributed by atoms with Gasteiger partial charge in [0, 0.05) is 17.7 Å². The van der Waals surface area contributed by atoms with Crippen LogP contribution in [0, 0.1) is 11.3 Å². The Hall–Kier alpha value is -3.96. The lowest BCUT2D eigenvalue weighted by atomic mass is 10.1. The molecule has 0 radical (unpaired) electrons. The number of aromatic nitrogens is 2. The summed E-state index contributed by atoms with van der Waals surface area (Å²) in [6.45, 7) is 9.71. The molecule has 3 aromatic rings. The van der Waals surface area contributed by atoms with Crippen LogP contribution in [0.1, 0.15) is 43.9 Å². The molecule has 0 aliphatic carbocycles. The molecule has 0 amide bonds. The Labute approximate surface area is 199 Å². The monoisotopic (exact) mass is 458 g/mol. The fourth-order valence-electron chi connectivity index (χ4n) is 3.45. The first-order valence-corrected chi connectivity index (χ1v) is 11.5. The summed E-state index contributed by atoms with van der Waals surface area (Å²) in [5.74, 6) is 1.04. The highest BCUT2D eigenvalue weighted by Gasteiger charge is 2.13. The summed E-state index contributed by atoms with van der Waals surface area (Å²) in [5.41, 5.74) is 5.19. The zero-order valence-corrected chi connectivity index (χ0v) is 19.8. The SMILES string of the molecule is CCCOc1ccc(C=NNc2nc(-c3ccccc3)c(C#N)c(=O)[nH]2)cc1CN(CC)CC. The van der Waals surface area contributed by atoms with E-state index in [1.54, 1.807) is 18.3 Å². The third kappa shape index (κ3) is 6.30. The van der Waals surface area contributed by atoms with Crippen molar-refractivity contribution in [1.29, 1.82) is 5.26 Å². The summed E-state index contributed by atoms with van der Waals surface area (Å²) >= 11 is 0. The van der Waals surface area contributed by atoms with Crippen LogP contribution in [0.5, 0.6) is 5.75 Å². The number of nitrogens with zero attached hydrogens (tertiary/aromatic N) is 4. The second-order valence-electron chi connectivity index (χ2n) is 7.66. The third-order valence-electron chi connectivity index (χ3n) is 5.30. The van der Waals surface area contributed by atoms with Crippen molar-refractivity contribution in [2.24, 2.45) is 5.10 Å². The topological polar surface area (TPSA) is 106 Å². The standard InChI is InChI=1S/C26H30N6O2/c1-4-14-34-23-13-12-19(15-21(23)18-32(5-2)6-3)17-28-31-26-29-24(20-10-8-7-9-11-20)22(16-27)25(33)30-26/h7-13,15,17H,4-6,14,18H2,1-3H3,(H2,29,30,31,33). The van der Waals surface area contributed by atoms with Gasteiger partial charge in [0.2, 0.25) is 5.95 Å². The van der Waals surface area contributed by atoms with E-state index in [-0.39, 0.29) is 11.5 Å². The van der Waals surface area contributed by atoms with Gasteiger partial charge in [-0.1, -0.05) is 51.1 Å². The highest BCUT2D eigenvalue weighted by Crippen LogP contribution is 2.22. The van der Waals surface area contributed by atoms with E-state index < -0.39 is 5.56 Å². The van der Waals surface area contributed by atoms with Crippen LogP contribution in [0.25, 0.3) is 11.3 Å². The average molecular weight is 459 g/mol. The van der Waals surface area contributed by atoms with Gasteiger partial charge >= 0.3 is 0 Å². The molecule has 0 fully saturated rings. The van der Waals surface area contributed by atoms with Crippen molar-refractivity contribution >= 4 is 12.2 Å². The van der Waals surface area contributed by atoms with Crippen LogP contribution in [0.3, 0.4) is 0 Å². The quantitative estimate of drug-likeness (QED) is 0.326. The molecule has 1 aromatic heterocycles. The summed E-state index contributed by atoms with van der Waals surface area (Å²) in [5, 5.41) is 13.7. The van der Waals surface area contributed by atoms with Crippen molar-refractivity contribution in [3.63, 3.8) is 0 Å². The number of nitriles is 1. The molecule has 176 valence electrons. The van der Waals surface area contributed by atoms with Crippen LogP contribution in [0.4, 0.5) is 5.95 Å². The van der Waals surface area contributed by atoms with Crippen molar-refractivity contribution in [2.45, 2.75) is 33.7 Å². The van der Waals surface area contributed by atoms with Gasteiger partial charge in [0.05, 0.1) is 18.5 Å². The molecule has 0 bridgehead atoms. The Morgan fingerprint density at radius 3 is 2.62 bits per heavy atom. The number of rotatable bonds is 11. The Morgan fingerprint density at radius 1 is 1.18 bits per heavy atom. The highest BCUT2D eigenvalue weighted by atomic mass is 16.5. The molecular formula is C26H30N6O2. The number of hydrogen-bond acceptors (Lipinski definition) is 7. The van der Waals surface area contributed by atoms with E-state index in [4.69, 9.17) is 4.74 Å². The van der Waals surface area contributed by atoms with Crippen molar-refractivity contribution in [3.05, 3.63) is 75.6 Å². The first kappa shape index (κ1) is 24.7. The van der Waals surface area contributed by atoms with E-state index in [9.17, 15) is 10.1 Å². The number of aromatic amines is 1. The summed E-state index contributed by atoms with van der Waals surface area (Å²) < 4.78 is 5.93. The minimum Gasteiger partial charge on any atom is -0.493 e. The van der Waals surface area contributed by atoms with Crippen molar-refractivity contribution in [1.82, 2.24) is 14.9 Å². The molecule has 0 atom stereocenters. The van der Waals surface area contributed by atoms with Gasteiger partial charge in [-0.2, -0.15) is 10.4 Å². The molecule has 34 heavy (non-hydrogen) atoms. The number of anilines is 1. The Kier molecular flexibility index (Phi) is 8.95. The van der Waals surface area contributed by atoms with Gasteiger partial charge in [-0.25, -0.2) is 10.4 Å². The first-order valence-electron chi connectivity index (χ1n) is 11.5. The van der Waals surface area contributed by atoms with Gasteiger partial charge in [-0.05, 0) is 43.3 Å². The third-order valence-corrected chi connectivity index (χ3v) is 5.30. The molecule has 8 nitrogen and oxygen atoms in total. The molecule has 0 saturated carbocycles. The number of hydrazone groups is 1. The molecule has 0 spiro atoms. The Morgan fingerprint density at radius 2 is 1.94 bits per heavy atom. The maximum atomic E-state index is 12.4. The number of hydrogen-bond donors (Lipinski definition) is 2. The smallest absolute Gasteiger partial charge is 0.270 e. The second kappa shape index (κ2) is 12.3. The zero-order chi connectivity index (χ0) is 24.3. The number of benzene rings is 2. The minimum absolute atomic E-state index is 0.0376. The Balaban J connectivity index is 1.84. The fraction of sp³-hybridized carbons (Fsp3) is 0.308. The van der Waals surface area contributed by atoms with E-state index in [1.165, 1.54) is 0 Å². The number of ether oxygens (including phenoxy) is 1. The van der Waals surface area contributed by atoms with E-state index in [0.717, 1.165) is 42.9 Å². The fourth-order valence-corrected chi connectivity index (χ4v) is 3.45. The van der Waals surface area contributed by atoms with Crippen molar-refractivity contribution in [2.75, 3.05) is 25.1 Å². The summed E-state index contributed by atoms with van der Waals surface area (Å²) in [6, 6.07) is 17.0. The zero-order valence-electron chi connectivity index (χ0n) is 19.8. The molecule has 2 aromatic carbocycles. The van der Waals surface area contributed by atoms with Crippen molar-refractivity contribution in [3.8, 4) is 23.1 Å². The molecule has 0 unspecified atom stereocenters. The van der Waals surface area contributed by atoms with E-state index >= 15 is 0 Å². The van der Waals surface area contributed by atoms with Crippen LogP contribution >= 0.6 is 0 Å². The lowest BCUT2D eigenvalue weighted by molar-refractivity contribution is 0.277. The molecule has 0 saturated heterocycles. The largest absolute Gasteiger partial charge is 0.493 e. The lowest BCUT2D eigenvalue weighted by Gasteiger charge is -2.20. The molecule has 3 rings (SSSR count). The molecule has 1 heterocycles. The molecule has 2 N–H and O–H groups in total. The van der Waals surface area contributed by atoms with Gasteiger partial charge in [-0.15, -0.1) is 0 Å². The Bertz CT molecular complexity index is 1210. The summed E-state index contributed by atoms with van der Waals surface area (Å²) in [7, 11) is 0. The normalized spacial score (nSPS) is 11.0. The summed E-state index contributed by atoms with van der Waals surface area (Å²) in [4.78, 5) is 21.7. The van der Waals surface area contributed by atoms with Gasteiger partial charge in [0.1, 0.15) is 17.4 Å². The van der Waals surface area contributed by atoms with Crippen LogP contribution in [0.15, 0.2) is 58.4 Å². The summed E-state index contributed by atoms with van der Waals surface area (Å²) in [6.07, 6.45) is 2.61. The van der Waals surface area contributed by atoms with E-state index in [0.29, 0.717) is 17.9 Å². The first-order chi connectivity index (χ1) is 16.6. The predicted molar refractivity (Wildman–Crippen MR) is 135 cm³/mol. The lowest BCUT2D eigenvalue weighted by Crippen LogP contribution is -2.22. The maximum absolute atomic E-state index is 12.4. The number of H-pyrrole nitrogens is 1. The average Bonchev–Trinajstić information content (AvgIpc) is 2.87. The number of nitrogens with one attached hydrogen (secondary N) is 2. The molecular weight excluding hydrogens is 428 g/mol.